The van der Waals surface area contributed by atoms with Crippen LogP contribution in [0.25, 0.3) is 0 Å². The molecule has 0 unspecified atom stereocenters. The van der Waals surface area contributed by atoms with Crippen molar-refractivity contribution in [2.45, 2.75) is 82.1 Å². The van der Waals surface area contributed by atoms with Gasteiger partial charge in [-0.05, 0) is 62.4 Å². The molecule has 2 heterocycles. The van der Waals surface area contributed by atoms with Gasteiger partial charge >= 0.3 is 0 Å². The highest BCUT2D eigenvalue weighted by atomic mass is 16.7. The summed E-state index contributed by atoms with van der Waals surface area (Å²) in [5.74, 6) is -0.0491. The number of Topliss-reactive ketones (excluding diaryl/α,β-unsaturated/α-hetero) is 2. The Bertz CT molecular complexity index is 1350. The van der Waals surface area contributed by atoms with Crippen molar-refractivity contribution in [1.82, 2.24) is 0 Å². The van der Waals surface area contributed by atoms with Crippen LogP contribution in [-0.2, 0) is 14.3 Å². The van der Waals surface area contributed by atoms with Crippen LogP contribution in [0.5, 0.6) is 5.75 Å². The van der Waals surface area contributed by atoms with Crippen molar-refractivity contribution in [2.24, 2.45) is 0 Å². The number of carbonyl (C=O) groups excluding carboxylic acids is 2. The van der Waals surface area contributed by atoms with Gasteiger partial charge in [-0.1, -0.05) is 29.8 Å². The van der Waals surface area contributed by atoms with E-state index in [9.17, 15) is 30.0 Å². The van der Waals surface area contributed by atoms with Crippen molar-refractivity contribution in [3.8, 4) is 5.75 Å². The number of rotatable bonds is 5. The Labute approximate surface area is 238 Å². The van der Waals surface area contributed by atoms with Crippen LogP contribution in [0.15, 0.2) is 71.1 Å². The Morgan fingerprint density at radius 3 is 1.95 bits per heavy atom. The van der Waals surface area contributed by atoms with E-state index in [2.05, 4.69) is 4.90 Å². The number of carbonyl (C=O) groups is 2. The van der Waals surface area contributed by atoms with Gasteiger partial charge in [0, 0.05) is 47.0 Å². The fraction of sp³-hybridized carbons (Fsp3) is 0.438. The number of aliphatic hydroxyl groups is 4. The Morgan fingerprint density at radius 1 is 0.805 bits per heavy atom. The first-order valence-corrected chi connectivity index (χ1v) is 14.2. The molecule has 0 amide bonds. The van der Waals surface area contributed by atoms with E-state index in [1.54, 1.807) is 12.1 Å². The van der Waals surface area contributed by atoms with Gasteiger partial charge in [0.2, 0.25) is 6.29 Å². The number of hydrogen-bond donors (Lipinski definition) is 4. The third-order valence-corrected chi connectivity index (χ3v) is 8.58. The van der Waals surface area contributed by atoms with Crippen LogP contribution in [-0.4, -0.2) is 69.3 Å². The van der Waals surface area contributed by atoms with Gasteiger partial charge in [-0.15, -0.1) is 0 Å². The van der Waals surface area contributed by atoms with Crippen molar-refractivity contribution in [2.75, 3.05) is 11.5 Å². The third kappa shape index (κ3) is 4.91. The number of ether oxygens (including phenoxy) is 2. The fourth-order valence-electron chi connectivity index (χ4n) is 6.50. The van der Waals surface area contributed by atoms with Gasteiger partial charge in [-0.3, -0.25) is 9.59 Å². The molecule has 2 aromatic carbocycles. The zero-order valence-electron chi connectivity index (χ0n) is 22.9. The van der Waals surface area contributed by atoms with Gasteiger partial charge in [0.25, 0.3) is 0 Å². The molecule has 0 spiro atoms. The molecule has 1 saturated heterocycles. The third-order valence-electron chi connectivity index (χ3n) is 8.58. The summed E-state index contributed by atoms with van der Waals surface area (Å²) in [6, 6.07) is 15.2. The van der Waals surface area contributed by atoms with Crippen molar-refractivity contribution in [3.05, 3.63) is 82.2 Å². The minimum absolute atomic E-state index is 0.0555. The summed E-state index contributed by atoms with van der Waals surface area (Å²) in [7, 11) is 0. The standard InChI is InChI=1S/C32H35NO8/c1-17-8-12-19(13-9-17)33-21-4-2-6-23(35)27(21)26(28-22(33)5-3-7-24(28)36)18-10-14-20(15-11-18)40-32-31(39)30(38)29(37)25(16-34)41-32/h8-15,25-26,29-32,34,37-39H,2-7,16H2,1H3/t25-,29-,30-,31-,32-/m1/s1. The number of benzene rings is 2. The molecule has 216 valence electrons. The van der Waals surface area contributed by atoms with E-state index in [1.807, 2.05) is 43.3 Å². The van der Waals surface area contributed by atoms with E-state index >= 15 is 0 Å². The molecule has 2 aliphatic heterocycles. The van der Waals surface area contributed by atoms with Gasteiger partial charge in [-0.2, -0.15) is 0 Å². The zero-order chi connectivity index (χ0) is 28.8. The molecule has 1 fully saturated rings. The van der Waals surface area contributed by atoms with Gasteiger partial charge in [-0.25, -0.2) is 0 Å². The summed E-state index contributed by atoms with van der Waals surface area (Å²) >= 11 is 0. The summed E-state index contributed by atoms with van der Waals surface area (Å²) in [6.07, 6.45) is -3.06. The molecule has 0 aromatic heterocycles. The average Bonchev–Trinajstić information content (AvgIpc) is 2.98. The monoisotopic (exact) mass is 561 g/mol. The molecule has 0 bridgehead atoms. The SMILES string of the molecule is Cc1ccc(N2C3=C(C(=O)CCC3)C(c3ccc(O[C@@H]4O[C@H](CO)[C@@H](O)[C@@H](O)[C@H]4O)cc3)C3=C2CCCC3=O)cc1. The molecule has 41 heavy (non-hydrogen) atoms. The predicted molar refractivity (Wildman–Crippen MR) is 149 cm³/mol. The molecule has 2 aromatic rings. The first-order valence-electron chi connectivity index (χ1n) is 14.2. The van der Waals surface area contributed by atoms with Crippen molar-refractivity contribution in [3.63, 3.8) is 0 Å². The topological polar surface area (TPSA) is 137 Å². The van der Waals surface area contributed by atoms with Crippen LogP contribution in [0.3, 0.4) is 0 Å². The summed E-state index contributed by atoms with van der Waals surface area (Å²) < 4.78 is 11.2. The number of allylic oxidation sites excluding steroid dienone is 4. The molecule has 9 heteroatoms. The van der Waals surface area contributed by atoms with Crippen LogP contribution >= 0.6 is 0 Å². The highest BCUT2D eigenvalue weighted by molar-refractivity contribution is 6.07. The van der Waals surface area contributed by atoms with Gasteiger partial charge in [0.05, 0.1) is 6.61 Å². The molecule has 4 N–H and O–H groups in total. The smallest absolute Gasteiger partial charge is 0.229 e. The average molecular weight is 562 g/mol. The lowest BCUT2D eigenvalue weighted by atomic mass is 9.71. The van der Waals surface area contributed by atoms with E-state index in [0.717, 1.165) is 53.9 Å². The number of nitrogens with zero attached hydrogens (tertiary/aromatic N) is 1. The number of aliphatic hydroxyl groups excluding tert-OH is 4. The lowest BCUT2D eigenvalue weighted by Gasteiger charge is -2.44. The largest absolute Gasteiger partial charge is 0.462 e. The van der Waals surface area contributed by atoms with Gasteiger partial charge in [0.1, 0.15) is 30.2 Å². The minimum atomic E-state index is -1.55. The van der Waals surface area contributed by atoms with E-state index in [0.29, 0.717) is 29.7 Å². The highest BCUT2D eigenvalue weighted by Crippen LogP contribution is 2.50. The molecule has 0 saturated carbocycles. The normalized spacial score (nSPS) is 29.0. The molecule has 2 aliphatic carbocycles. The van der Waals surface area contributed by atoms with Crippen molar-refractivity contribution in [1.29, 1.82) is 0 Å². The second-order valence-electron chi connectivity index (χ2n) is 11.3. The van der Waals surface area contributed by atoms with Gasteiger partial charge < -0.3 is 34.8 Å². The fourth-order valence-corrected chi connectivity index (χ4v) is 6.50. The van der Waals surface area contributed by atoms with Crippen LogP contribution in [0.2, 0.25) is 0 Å². The number of anilines is 1. The summed E-state index contributed by atoms with van der Waals surface area (Å²) in [6.45, 7) is 1.48. The van der Waals surface area contributed by atoms with E-state index in [1.165, 1.54) is 0 Å². The highest BCUT2D eigenvalue weighted by Gasteiger charge is 2.46. The zero-order valence-corrected chi connectivity index (χ0v) is 22.9. The quantitative estimate of drug-likeness (QED) is 0.434. The maximum Gasteiger partial charge on any atom is 0.229 e. The molecular weight excluding hydrogens is 526 g/mol. The Balaban J connectivity index is 1.37. The number of aryl methyl sites for hydroxylation is 1. The maximum atomic E-state index is 13.6. The maximum absolute atomic E-state index is 13.6. The van der Waals surface area contributed by atoms with E-state index in [4.69, 9.17) is 9.47 Å². The molecule has 4 aliphatic rings. The molecule has 9 nitrogen and oxygen atoms in total. The number of ketones is 2. The van der Waals surface area contributed by atoms with Crippen LogP contribution in [0.4, 0.5) is 5.69 Å². The van der Waals surface area contributed by atoms with E-state index < -0.39 is 43.2 Å². The molecule has 5 atom stereocenters. The first kappa shape index (κ1) is 27.8. The molecule has 6 rings (SSSR count). The van der Waals surface area contributed by atoms with Gasteiger partial charge in [0.15, 0.2) is 11.6 Å². The Hall–Kier alpha value is -3.34. The van der Waals surface area contributed by atoms with Crippen LogP contribution in [0, 0.1) is 6.92 Å². The van der Waals surface area contributed by atoms with Crippen LogP contribution in [0.1, 0.15) is 55.6 Å². The Kier molecular flexibility index (Phi) is 7.56. The Morgan fingerprint density at radius 2 is 1.39 bits per heavy atom. The molecule has 0 radical (unpaired) electrons. The minimum Gasteiger partial charge on any atom is -0.462 e. The second-order valence-corrected chi connectivity index (χ2v) is 11.3. The summed E-state index contributed by atoms with van der Waals surface area (Å²) in [5, 5.41) is 40.0. The predicted octanol–water partition coefficient (Wildman–Crippen LogP) is 2.79. The molecular formula is C32H35NO8. The van der Waals surface area contributed by atoms with Crippen molar-refractivity contribution < 1.29 is 39.5 Å². The summed E-state index contributed by atoms with van der Waals surface area (Å²) in [4.78, 5) is 29.3. The lowest BCUT2D eigenvalue weighted by molar-refractivity contribution is -0.277. The number of hydrogen-bond acceptors (Lipinski definition) is 9. The van der Waals surface area contributed by atoms with Crippen LogP contribution < -0.4 is 9.64 Å². The second kappa shape index (κ2) is 11.2. The first-order chi connectivity index (χ1) is 19.8. The van der Waals surface area contributed by atoms with Crippen molar-refractivity contribution >= 4 is 17.3 Å². The summed E-state index contributed by atoms with van der Waals surface area (Å²) in [5.41, 5.74) is 6.16. The van der Waals surface area contributed by atoms with E-state index in [-0.39, 0.29) is 11.6 Å². The lowest BCUT2D eigenvalue weighted by Crippen LogP contribution is -2.60.